The van der Waals surface area contributed by atoms with Crippen molar-refractivity contribution in [2.45, 2.75) is 0 Å². The number of benzene rings is 1. The van der Waals surface area contributed by atoms with Crippen LogP contribution in [0.1, 0.15) is 5.56 Å². The second kappa shape index (κ2) is 6.23. The Bertz CT molecular complexity index is 585. The molecule has 20 heavy (non-hydrogen) atoms. The number of carbonyl (C=O) groups is 1. The Labute approximate surface area is 125 Å². The first-order valence-corrected chi connectivity index (χ1v) is 7.64. The smallest absolute Gasteiger partial charge is 0.285 e. The van der Waals surface area contributed by atoms with E-state index in [1.54, 1.807) is 18.2 Å². The van der Waals surface area contributed by atoms with Crippen LogP contribution in [0.4, 0.5) is 0 Å². The van der Waals surface area contributed by atoms with Gasteiger partial charge in [0.05, 0.1) is 19.1 Å². The molecule has 106 valence electrons. The maximum Gasteiger partial charge on any atom is 0.285 e. The molecule has 0 bridgehead atoms. The third-order valence-corrected chi connectivity index (χ3v) is 4.54. The highest BCUT2D eigenvalue weighted by molar-refractivity contribution is 8.40. The van der Waals surface area contributed by atoms with Crippen molar-refractivity contribution in [3.63, 3.8) is 0 Å². The van der Waals surface area contributed by atoms with Gasteiger partial charge in [0.1, 0.15) is 4.38 Å². The average molecular weight is 311 g/mol. The number of carbonyl (C=O) groups excluding carboxylic acids is 1. The number of aromatic hydroxyl groups is 1. The minimum absolute atomic E-state index is 0.0661. The van der Waals surface area contributed by atoms with Gasteiger partial charge in [0, 0.05) is 0 Å². The van der Waals surface area contributed by atoms with E-state index >= 15 is 0 Å². The SMILES string of the molecule is COc1cc(/C=C2\SC(SC)=NC2=O)cc(OC)c1O. The topological polar surface area (TPSA) is 68.1 Å². The van der Waals surface area contributed by atoms with Crippen LogP contribution in [0.5, 0.6) is 17.2 Å². The Balaban J connectivity index is 2.37. The summed E-state index contributed by atoms with van der Waals surface area (Å²) in [7, 11) is 2.91. The number of ether oxygens (including phenoxy) is 2. The molecule has 1 aliphatic heterocycles. The normalized spacial score (nSPS) is 16.4. The highest BCUT2D eigenvalue weighted by Gasteiger charge is 2.21. The molecule has 0 aliphatic carbocycles. The van der Waals surface area contributed by atoms with Gasteiger partial charge in [0.15, 0.2) is 11.5 Å². The van der Waals surface area contributed by atoms with Crippen LogP contribution in [0.15, 0.2) is 22.0 Å². The van der Waals surface area contributed by atoms with Crippen molar-refractivity contribution < 1.29 is 19.4 Å². The molecule has 0 aromatic heterocycles. The first kappa shape index (κ1) is 14.8. The van der Waals surface area contributed by atoms with E-state index in [4.69, 9.17) is 9.47 Å². The fourth-order valence-electron chi connectivity index (χ4n) is 1.63. The summed E-state index contributed by atoms with van der Waals surface area (Å²) in [6.07, 6.45) is 3.57. The van der Waals surface area contributed by atoms with Crippen molar-refractivity contribution in [3.8, 4) is 17.2 Å². The van der Waals surface area contributed by atoms with Crippen LogP contribution >= 0.6 is 23.5 Å². The quantitative estimate of drug-likeness (QED) is 0.866. The van der Waals surface area contributed by atoms with Crippen LogP contribution in [-0.4, -0.2) is 35.9 Å². The van der Waals surface area contributed by atoms with Gasteiger partial charge in [0.25, 0.3) is 5.91 Å². The zero-order valence-corrected chi connectivity index (χ0v) is 12.8. The number of thioether (sulfide) groups is 2. The van der Waals surface area contributed by atoms with Crippen molar-refractivity contribution in [2.24, 2.45) is 4.99 Å². The molecule has 1 amide bonds. The molecule has 1 aliphatic rings. The number of rotatable bonds is 3. The van der Waals surface area contributed by atoms with E-state index in [9.17, 15) is 9.90 Å². The number of phenolic OH excluding ortho intramolecular Hbond substituents is 1. The standard InChI is InChI=1S/C13H13NO4S2/c1-17-8-4-7(5-9(18-2)11(8)15)6-10-12(16)14-13(19-3)20-10/h4-6,15H,1-3H3/b10-6-. The Morgan fingerprint density at radius 3 is 2.35 bits per heavy atom. The number of hydrogen-bond donors (Lipinski definition) is 1. The molecule has 2 rings (SSSR count). The zero-order valence-electron chi connectivity index (χ0n) is 11.2. The van der Waals surface area contributed by atoms with Crippen LogP contribution in [0.2, 0.25) is 0 Å². The predicted octanol–water partition coefficient (Wildman–Crippen LogP) is 2.74. The van der Waals surface area contributed by atoms with Crippen LogP contribution in [0.3, 0.4) is 0 Å². The van der Waals surface area contributed by atoms with Crippen molar-refractivity contribution in [1.29, 1.82) is 0 Å². The van der Waals surface area contributed by atoms with Gasteiger partial charge in [-0.2, -0.15) is 4.99 Å². The van der Waals surface area contributed by atoms with E-state index in [0.29, 0.717) is 10.5 Å². The maximum absolute atomic E-state index is 11.7. The van der Waals surface area contributed by atoms with Crippen molar-refractivity contribution in [2.75, 3.05) is 20.5 Å². The molecular formula is C13H13NO4S2. The molecule has 0 unspecified atom stereocenters. The van der Waals surface area contributed by atoms with E-state index in [1.165, 1.54) is 37.7 Å². The molecule has 1 aromatic rings. The highest BCUT2D eigenvalue weighted by Crippen LogP contribution is 2.39. The van der Waals surface area contributed by atoms with Crippen LogP contribution < -0.4 is 9.47 Å². The molecule has 1 heterocycles. The lowest BCUT2D eigenvalue weighted by atomic mass is 10.1. The molecule has 0 saturated carbocycles. The molecule has 0 saturated heterocycles. The summed E-state index contributed by atoms with van der Waals surface area (Å²) in [6.45, 7) is 0. The number of nitrogens with zero attached hydrogens (tertiary/aromatic N) is 1. The summed E-state index contributed by atoms with van der Waals surface area (Å²) in [5.41, 5.74) is 0.699. The van der Waals surface area contributed by atoms with Crippen LogP contribution in [-0.2, 0) is 4.79 Å². The predicted molar refractivity (Wildman–Crippen MR) is 82.7 cm³/mol. The average Bonchev–Trinajstić information content (AvgIpc) is 2.81. The molecule has 0 spiro atoms. The van der Waals surface area contributed by atoms with Gasteiger partial charge in [-0.05, 0) is 30.0 Å². The van der Waals surface area contributed by atoms with Gasteiger partial charge in [-0.25, -0.2) is 0 Å². The lowest BCUT2D eigenvalue weighted by molar-refractivity contribution is -0.113. The highest BCUT2D eigenvalue weighted by atomic mass is 32.2. The number of amides is 1. The zero-order chi connectivity index (χ0) is 14.7. The van der Waals surface area contributed by atoms with Crippen LogP contribution in [0, 0.1) is 0 Å². The molecule has 0 fully saturated rings. The summed E-state index contributed by atoms with van der Waals surface area (Å²) in [5, 5.41) is 9.84. The molecule has 1 aromatic carbocycles. The van der Waals surface area contributed by atoms with Gasteiger partial charge in [0.2, 0.25) is 5.75 Å². The van der Waals surface area contributed by atoms with Gasteiger partial charge >= 0.3 is 0 Å². The second-order valence-corrected chi connectivity index (χ2v) is 5.86. The van der Waals surface area contributed by atoms with Gasteiger partial charge < -0.3 is 14.6 Å². The number of aliphatic imine (C=N–C) groups is 1. The molecule has 5 nitrogen and oxygen atoms in total. The molecule has 0 radical (unpaired) electrons. The lowest BCUT2D eigenvalue weighted by Gasteiger charge is -2.09. The van der Waals surface area contributed by atoms with Crippen molar-refractivity contribution in [3.05, 3.63) is 22.6 Å². The van der Waals surface area contributed by atoms with Crippen molar-refractivity contribution in [1.82, 2.24) is 0 Å². The van der Waals surface area contributed by atoms with Crippen LogP contribution in [0.25, 0.3) is 6.08 Å². The second-order valence-electron chi connectivity index (χ2n) is 3.77. The van der Waals surface area contributed by atoms with Gasteiger partial charge in [-0.3, -0.25) is 4.79 Å². The Morgan fingerprint density at radius 1 is 1.30 bits per heavy atom. The Hall–Kier alpha value is -1.60. The van der Waals surface area contributed by atoms with E-state index in [-0.39, 0.29) is 23.2 Å². The summed E-state index contributed by atoms with van der Waals surface area (Å²) in [5.74, 6) is 0.254. The monoisotopic (exact) mass is 311 g/mol. The molecule has 1 N–H and O–H groups in total. The minimum atomic E-state index is -0.259. The van der Waals surface area contributed by atoms with Crippen molar-refractivity contribution >= 4 is 39.9 Å². The number of hydrogen-bond acceptors (Lipinski definition) is 6. The minimum Gasteiger partial charge on any atom is -0.502 e. The third kappa shape index (κ3) is 2.94. The lowest BCUT2D eigenvalue weighted by Crippen LogP contribution is -1.92. The summed E-state index contributed by atoms with van der Waals surface area (Å²) in [6, 6.07) is 3.27. The van der Waals surface area contributed by atoms with E-state index in [0.717, 1.165) is 4.38 Å². The fraction of sp³-hybridized carbons (Fsp3) is 0.231. The van der Waals surface area contributed by atoms with E-state index in [2.05, 4.69) is 4.99 Å². The van der Waals surface area contributed by atoms with Gasteiger partial charge in [-0.1, -0.05) is 11.8 Å². The third-order valence-electron chi connectivity index (χ3n) is 2.58. The fourth-order valence-corrected chi connectivity index (χ4v) is 3.05. The maximum atomic E-state index is 11.7. The summed E-state index contributed by atoms with van der Waals surface area (Å²) >= 11 is 2.76. The number of phenols is 1. The van der Waals surface area contributed by atoms with E-state index in [1.807, 2.05) is 6.26 Å². The Kier molecular flexibility index (Phi) is 4.61. The first-order chi connectivity index (χ1) is 9.58. The largest absolute Gasteiger partial charge is 0.502 e. The van der Waals surface area contributed by atoms with E-state index < -0.39 is 0 Å². The van der Waals surface area contributed by atoms with Gasteiger partial charge in [-0.15, -0.1) is 11.8 Å². The molecular weight excluding hydrogens is 298 g/mol. The first-order valence-electron chi connectivity index (χ1n) is 5.60. The molecule has 7 heteroatoms. The summed E-state index contributed by atoms with van der Waals surface area (Å²) < 4.78 is 10.9. The Morgan fingerprint density at radius 2 is 1.90 bits per heavy atom. The summed E-state index contributed by atoms with van der Waals surface area (Å²) in [4.78, 5) is 16.2. The molecule has 0 atom stereocenters. The number of methoxy groups -OCH3 is 2.